The minimum atomic E-state index is -0.663. The van der Waals surface area contributed by atoms with Gasteiger partial charge in [0.25, 0.3) is 0 Å². The number of fused-ring (bicyclic) bond motifs is 1. The van der Waals surface area contributed by atoms with E-state index in [9.17, 15) is 18.0 Å². The Bertz CT molecular complexity index is 1020. The smallest absolute Gasteiger partial charge is 0.406 e. The van der Waals surface area contributed by atoms with E-state index in [2.05, 4.69) is 10.3 Å². The first kappa shape index (κ1) is 18.4. The molecule has 4 rings (SSSR count). The molecular formula is C21H19F3N2O2. The van der Waals surface area contributed by atoms with Crippen LogP contribution in [-0.4, -0.2) is 24.7 Å². The third-order valence-electron chi connectivity index (χ3n) is 5.30. The molecule has 0 aliphatic heterocycles. The lowest BCUT2D eigenvalue weighted by Gasteiger charge is -2.35. The molecule has 28 heavy (non-hydrogen) atoms. The predicted octanol–water partition coefficient (Wildman–Crippen LogP) is 5.10. The molecule has 146 valence electrons. The van der Waals surface area contributed by atoms with Crippen LogP contribution < -0.4 is 5.32 Å². The van der Waals surface area contributed by atoms with E-state index in [1.54, 1.807) is 12.1 Å². The van der Waals surface area contributed by atoms with Crippen molar-refractivity contribution in [2.75, 3.05) is 13.7 Å². The van der Waals surface area contributed by atoms with Crippen LogP contribution in [0.5, 0.6) is 0 Å². The van der Waals surface area contributed by atoms with Gasteiger partial charge in [-0.1, -0.05) is 0 Å². The van der Waals surface area contributed by atoms with Crippen LogP contribution >= 0.6 is 0 Å². The molecular weight excluding hydrogens is 369 g/mol. The lowest BCUT2D eigenvalue weighted by Crippen LogP contribution is -2.29. The Balaban J connectivity index is 1.69. The number of nitrogens with one attached hydrogen (secondary N) is 2. The number of aromatic nitrogens is 1. The lowest BCUT2D eigenvalue weighted by molar-refractivity contribution is 0.0964. The Morgan fingerprint density at radius 1 is 1.14 bits per heavy atom. The van der Waals surface area contributed by atoms with E-state index >= 15 is 0 Å². The van der Waals surface area contributed by atoms with E-state index in [1.165, 1.54) is 25.2 Å². The molecule has 4 nitrogen and oxygen atoms in total. The Hall–Kier alpha value is -2.96. The van der Waals surface area contributed by atoms with E-state index in [0.29, 0.717) is 23.3 Å². The van der Waals surface area contributed by atoms with Crippen LogP contribution in [0.3, 0.4) is 0 Å². The number of halogens is 3. The number of amides is 1. The molecule has 1 aromatic heterocycles. The summed E-state index contributed by atoms with van der Waals surface area (Å²) in [6, 6.07) is 8.07. The molecule has 1 aliphatic carbocycles. The summed E-state index contributed by atoms with van der Waals surface area (Å²) in [7, 11) is 1.50. The molecule has 2 aromatic carbocycles. The minimum absolute atomic E-state index is 0.0632. The molecule has 1 saturated carbocycles. The zero-order valence-electron chi connectivity index (χ0n) is 15.2. The van der Waals surface area contributed by atoms with Gasteiger partial charge in [-0.3, -0.25) is 0 Å². The number of hydrogen-bond acceptors (Lipinski definition) is 2. The molecule has 0 saturated heterocycles. The third kappa shape index (κ3) is 3.32. The summed E-state index contributed by atoms with van der Waals surface area (Å²) >= 11 is 0. The zero-order valence-corrected chi connectivity index (χ0v) is 15.2. The summed E-state index contributed by atoms with van der Waals surface area (Å²) in [5.41, 5.74) is 2.42. The maximum Gasteiger partial charge on any atom is 0.406 e. The molecule has 1 heterocycles. The number of benzene rings is 2. The van der Waals surface area contributed by atoms with Crippen molar-refractivity contribution in [3.8, 4) is 11.3 Å². The van der Waals surface area contributed by atoms with Gasteiger partial charge in [0.1, 0.15) is 17.5 Å². The monoisotopic (exact) mass is 388 g/mol. The number of hydrogen-bond donors (Lipinski definition) is 2. The summed E-state index contributed by atoms with van der Waals surface area (Å²) in [6.45, 7) is 0.299. The highest BCUT2D eigenvalue weighted by molar-refractivity contribution is 5.92. The van der Waals surface area contributed by atoms with Crippen molar-refractivity contribution in [1.29, 1.82) is 0 Å². The van der Waals surface area contributed by atoms with Crippen LogP contribution in [0.1, 0.15) is 24.3 Å². The van der Waals surface area contributed by atoms with Gasteiger partial charge in [0.2, 0.25) is 0 Å². The Morgan fingerprint density at radius 3 is 2.54 bits per heavy atom. The molecule has 2 N–H and O–H groups in total. The van der Waals surface area contributed by atoms with Crippen LogP contribution in [0.4, 0.5) is 18.0 Å². The van der Waals surface area contributed by atoms with Crippen LogP contribution in [0.15, 0.2) is 36.4 Å². The van der Waals surface area contributed by atoms with Gasteiger partial charge in [-0.15, -0.1) is 0 Å². The average Bonchev–Trinajstić information content (AvgIpc) is 3.00. The largest absolute Gasteiger partial charge is 0.449 e. The van der Waals surface area contributed by atoms with Crippen molar-refractivity contribution >= 4 is 17.0 Å². The topological polar surface area (TPSA) is 54.1 Å². The van der Waals surface area contributed by atoms with Gasteiger partial charge >= 0.3 is 6.09 Å². The lowest BCUT2D eigenvalue weighted by atomic mass is 9.70. The summed E-state index contributed by atoms with van der Waals surface area (Å²) in [4.78, 5) is 14.3. The van der Waals surface area contributed by atoms with Gasteiger partial charge in [-0.2, -0.15) is 0 Å². The average molecular weight is 388 g/mol. The first-order valence-electron chi connectivity index (χ1n) is 9.07. The first-order chi connectivity index (χ1) is 13.5. The fourth-order valence-corrected chi connectivity index (χ4v) is 3.88. The van der Waals surface area contributed by atoms with Crippen LogP contribution in [0.25, 0.3) is 22.2 Å². The van der Waals surface area contributed by atoms with Crippen molar-refractivity contribution in [1.82, 2.24) is 10.3 Å². The van der Waals surface area contributed by atoms with E-state index in [0.717, 1.165) is 24.5 Å². The van der Waals surface area contributed by atoms with E-state index in [1.807, 2.05) is 0 Å². The van der Waals surface area contributed by atoms with E-state index in [4.69, 9.17) is 4.74 Å². The second kappa shape index (κ2) is 7.22. The highest BCUT2D eigenvalue weighted by atomic mass is 19.1. The number of ether oxygens (including phenoxy) is 1. The van der Waals surface area contributed by atoms with Crippen molar-refractivity contribution in [2.45, 2.75) is 18.8 Å². The molecule has 0 spiro atoms. The molecule has 0 atom stereocenters. The van der Waals surface area contributed by atoms with Crippen LogP contribution in [-0.2, 0) is 4.74 Å². The number of carbonyl (C=O) groups excluding carboxylic acids is 1. The number of H-pyrrole nitrogens is 1. The predicted molar refractivity (Wildman–Crippen MR) is 99.5 cm³/mol. The summed E-state index contributed by atoms with van der Waals surface area (Å²) in [5.74, 6) is -1.42. The second-order valence-corrected chi connectivity index (χ2v) is 7.11. The van der Waals surface area contributed by atoms with Gasteiger partial charge in [0.15, 0.2) is 0 Å². The van der Waals surface area contributed by atoms with Crippen LogP contribution in [0.2, 0.25) is 0 Å². The highest BCUT2D eigenvalue weighted by Crippen LogP contribution is 2.48. The molecule has 1 amide bonds. The summed E-state index contributed by atoms with van der Waals surface area (Å²) in [5, 5.41) is 2.89. The Labute approximate surface area is 159 Å². The maximum absolute atomic E-state index is 14.3. The molecule has 3 aromatic rings. The Kier molecular flexibility index (Phi) is 4.75. The molecule has 0 bridgehead atoms. The van der Waals surface area contributed by atoms with Crippen molar-refractivity contribution < 1.29 is 22.7 Å². The van der Waals surface area contributed by atoms with Gasteiger partial charge in [-0.05, 0) is 66.1 Å². The number of rotatable bonds is 4. The maximum atomic E-state index is 14.3. The third-order valence-corrected chi connectivity index (χ3v) is 5.30. The molecule has 1 fully saturated rings. The zero-order chi connectivity index (χ0) is 19.8. The summed E-state index contributed by atoms with van der Waals surface area (Å²) in [6.07, 6.45) is 0.985. The number of aromatic amines is 1. The van der Waals surface area contributed by atoms with E-state index in [-0.39, 0.29) is 23.2 Å². The standard InChI is InChI=1S/C21H19F3N2O2/c1-25-21(27)28-10-11-6-13(7-11)18-16-8-15(23)9-17(24)20(16)26-19(18)12-2-4-14(22)5-3-12/h2-5,8-9,11,13,26H,6-7,10H2,1H3,(H,25,27). The summed E-state index contributed by atoms with van der Waals surface area (Å²) < 4.78 is 46.6. The van der Waals surface area contributed by atoms with Gasteiger partial charge in [0.05, 0.1) is 17.8 Å². The number of carbonyl (C=O) groups is 1. The number of alkyl carbamates (subject to hydrolysis) is 1. The van der Waals surface area contributed by atoms with Crippen molar-refractivity contribution in [3.63, 3.8) is 0 Å². The molecule has 0 unspecified atom stereocenters. The fourth-order valence-electron chi connectivity index (χ4n) is 3.88. The molecule has 1 aliphatic rings. The van der Waals surface area contributed by atoms with Crippen LogP contribution in [0, 0.1) is 23.4 Å². The highest BCUT2D eigenvalue weighted by Gasteiger charge is 2.35. The van der Waals surface area contributed by atoms with Gasteiger partial charge in [-0.25, -0.2) is 18.0 Å². The minimum Gasteiger partial charge on any atom is -0.449 e. The van der Waals surface area contributed by atoms with Crippen molar-refractivity contribution in [2.24, 2.45) is 5.92 Å². The first-order valence-corrected chi connectivity index (χ1v) is 9.07. The van der Waals surface area contributed by atoms with Gasteiger partial charge < -0.3 is 15.0 Å². The quantitative estimate of drug-likeness (QED) is 0.653. The van der Waals surface area contributed by atoms with Crippen molar-refractivity contribution in [3.05, 3.63) is 59.4 Å². The normalized spacial score (nSPS) is 18.7. The SMILES string of the molecule is CNC(=O)OCC1CC(c2c(-c3ccc(F)cc3)[nH]c3c(F)cc(F)cc23)C1. The molecule has 0 radical (unpaired) electrons. The van der Waals surface area contributed by atoms with Gasteiger partial charge in [0, 0.05) is 18.5 Å². The second-order valence-electron chi connectivity index (χ2n) is 7.11. The van der Waals surface area contributed by atoms with E-state index < -0.39 is 17.7 Å². The fraction of sp³-hybridized carbons (Fsp3) is 0.286. The Morgan fingerprint density at radius 2 is 1.86 bits per heavy atom. The molecule has 7 heteroatoms.